The van der Waals surface area contributed by atoms with Gasteiger partial charge >= 0.3 is 6.09 Å². The number of carbonyl (C=O) groups is 1. The van der Waals surface area contributed by atoms with Gasteiger partial charge in [-0.3, -0.25) is 4.68 Å². The topological polar surface area (TPSA) is 50.6 Å². The molecule has 1 amide bonds. The van der Waals surface area contributed by atoms with E-state index in [1.54, 1.807) is 0 Å². The number of benzene rings is 1. The third-order valence-corrected chi connectivity index (χ3v) is 6.76. The first-order valence-corrected chi connectivity index (χ1v) is 12.1. The van der Waals surface area contributed by atoms with Crippen molar-refractivity contribution in [3.63, 3.8) is 0 Å². The summed E-state index contributed by atoms with van der Waals surface area (Å²) in [5, 5.41) is 6.15. The lowest BCUT2D eigenvalue weighted by Gasteiger charge is -2.40. The van der Waals surface area contributed by atoms with Crippen molar-refractivity contribution in [1.29, 1.82) is 0 Å². The van der Waals surface area contributed by atoms with Crippen LogP contribution in [0.3, 0.4) is 0 Å². The Morgan fingerprint density at radius 2 is 1.94 bits per heavy atom. The van der Waals surface area contributed by atoms with Gasteiger partial charge in [-0.15, -0.1) is 0 Å². The Kier molecular flexibility index (Phi) is 6.03. The van der Waals surface area contributed by atoms with Crippen LogP contribution in [0, 0.1) is 11.3 Å². The molecular formula is C26H40N4O2. The molecule has 1 aromatic carbocycles. The molecule has 2 aliphatic heterocycles. The number of carbonyl (C=O) groups excluding carboxylic acids is 1. The van der Waals surface area contributed by atoms with Crippen LogP contribution in [0.25, 0.3) is 10.9 Å². The molecular weight excluding hydrogens is 400 g/mol. The summed E-state index contributed by atoms with van der Waals surface area (Å²) in [6.45, 7) is 15.5. The third-order valence-electron chi connectivity index (χ3n) is 6.76. The molecule has 2 fully saturated rings. The van der Waals surface area contributed by atoms with Gasteiger partial charge in [-0.1, -0.05) is 32.9 Å². The van der Waals surface area contributed by atoms with Gasteiger partial charge < -0.3 is 14.5 Å². The predicted molar refractivity (Wildman–Crippen MR) is 129 cm³/mol. The van der Waals surface area contributed by atoms with Crippen LogP contribution in [-0.2, 0) is 4.74 Å². The van der Waals surface area contributed by atoms with Crippen LogP contribution in [0.4, 0.5) is 4.79 Å². The average Bonchev–Trinajstić information content (AvgIpc) is 3.08. The number of amides is 1. The minimum atomic E-state index is -0.494. The van der Waals surface area contributed by atoms with Gasteiger partial charge in [0.05, 0.1) is 17.6 Å². The average molecular weight is 441 g/mol. The Hall–Kier alpha value is -2.08. The zero-order valence-corrected chi connectivity index (χ0v) is 20.9. The Bertz CT molecular complexity index is 974. The van der Waals surface area contributed by atoms with Crippen molar-refractivity contribution >= 4 is 17.0 Å². The molecule has 2 aliphatic rings. The summed E-state index contributed by atoms with van der Waals surface area (Å²) in [5.41, 5.74) is 1.96. The summed E-state index contributed by atoms with van der Waals surface area (Å²) in [4.78, 5) is 17.3. The van der Waals surface area contributed by atoms with E-state index < -0.39 is 5.60 Å². The van der Waals surface area contributed by atoms with Gasteiger partial charge in [0.25, 0.3) is 0 Å². The molecule has 176 valence electrons. The highest BCUT2D eigenvalue weighted by atomic mass is 16.6. The molecule has 0 spiro atoms. The first-order chi connectivity index (χ1) is 14.9. The number of ether oxygens (including phenoxy) is 1. The molecule has 0 bridgehead atoms. The van der Waals surface area contributed by atoms with E-state index in [1.807, 2.05) is 25.7 Å². The number of likely N-dealkylation sites (N-methyl/N-ethyl adjacent to an activating group) is 1. The van der Waals surface area contributed by atoms with E-state index in [4.69, 9.17) is 9.84 Å². The largest absolute Gasteiger partial charge is 0.444 e. The van der Waals surface area contributed by atoms with E-state index in [9.17, 15) is 4.79 Å². The zero-order valence-electron chi connectivity index (χ0n) is 20.9. The molecule has 3 heterocycles. The molecule has 0 N–H and O–H groups in total. The molecule has 6 heteroatoms. The number of rotatable bonds is 2. The van der Waals surface area contributed by atoms with Gasteiger partial charge in [0, 0.05) is 31.2 Å². The van der Waals surface area contributed by atoms with Crippen molar-refractivity contribution in [1.82, 2.24) is 19.6 Å². The van der Waals surface area contributed by atoms with E-state index >= 15 is 0 Å². The van der Waals surface area contributed by atoms with Gasteiger partial charge in [0.1, 0.15) is 5.60 Å². The lowest BCUT2D eigenvalue weighted by Crippen LogP contribution is -2.44. The van der Waals surface area contributed by atoms with Crippen molar-refractivity contribution in [3.05, 3.63) is 30.0 Å². The number of piperidine rings is 2. The molecule has 1 aromatic heterocycles. The smallest absolute Gasteiger partial charge is 0.410 e. The first-order valence-electron chi connectivity index (χ1n) is 12.1. The summed E-state index contributed by atoms with van der Waals surface area (Å²) in [6, 6.07) is 6.94. The maximum Gasteiger partial charge on any atom is 0.410 e. The van der Waals surface area contributed by atoms with E-state index in [0.717, 1.165) is 55.4 Å². The lowest BCUT2D eigenvalue weighted by molar-refractivity contribution is 0.00365. The molecule has 0 saturated carbocycles. The molecule has 1 unspecified atom stereocenters. The molecule has 6 nitrogen and oxygen atoms in total. The summed E-state index contributed by atoms with van der Waals surface area (Å²) in [6.07, 6.45) is 5.17. The second-order valence-corrected chi connectivity index (χ2v) is 12.0. The quantitative estimate of drug-likeness (QED) is 0.606. The molecule has 0 radical (unpaired) electrons. The number of nitrogens with zero attached hydrogens (tertiary/aromatic N) is 4. The number of fused-ring (bicyclic) bond motifs is 1. The highest BCUT2D eigenvalue weighted by Gasteiger charge is 2.35. The van der Waals surface area contributed by atoms with Crippen LogP contribution in [0.1, 0.15) is 78.5 Å². The lowest BCUT2D eigenvalue weighted by atomic mass is 9.82. The Labute approximate surface area is 192 Å². The third kappa shape index (κ3) is 5.11. The minimum Gasteiger partial charge on any atom is -0.444 e. The van der Waals surface area contributed by atoms with Gasteiger partial charge in [-0.2, -0.15) is 5.10 Å². The van der Waals surface area contributed by atoms with E-state index in [0.29, 0.717) is 12.0 Å². The molecule has 2 aromatic rings. The van der Waals surface area contributed by atoms with Gasteiger partial charge in [-0.05, 0) is 70.0 Å². The maximum absolute atomic E-state index is 13.0. The highest BCUT2D eigenvalue weighted by Crippen LogP contribution is 2.37. The SMILES string of the molecule is C[C@H]1CC[C@H](c2ccc3cn(C4CN(C)CC(C)(C)C4)nc3c2)N(C(=O)OC(C)(C)C)C1. The number of hydrogen-bond acceptors (Lipinski definition) is 4. The Morgan fingerprint density at radius 1 is 1.19 bits per heavy atom. The number of aromatic nitrogens is 2. The van der Waals surface area contributed by atoms with Crippen molar-refractivity contribution in [2.24, 2.45) is 11.3 Å². The number of hydrogen-bond donors (Lipinski definition) is 0. The van der Waals surface area contributed by atoms with Crippen LogP contribution in [0.2, 0.25) is 0 Å². The fourth-order valence-corrected chi connectivity index (χ4v) is 5.57. The molecule has 0 aliphatic carbocycles. The van der Waals surface area contributed by atoms with E-state index in [2.05, 4.69) is 61.8 Å². The summed E-state index contributed by atoms with van der Waals surface area (Å²) in [7, 11) is 2.20. The van der Waals surface area contributed by atoms with Crippen molar-refractivity contribution in [3.8, 4) is 0 Å². The predicted octanol–water partition coefficient (Wildman–Crippen LogP) is 5.65. The van der Waals surface area contributed by atoms with E-state index in [-0.39, 0.29) is 17.6 Å². The first kappa shape index (κ1) is 23.1. The fourth-order valence-electron chi connectivity index (χ4n) is 5.57. The summed E-state index contributed by atoms with van der Waals surface area (Å²) < 4.78 is 7.91. The van der Waals surface area contributed by atoms with E-state index in [1.165, 1.54) is 0 Å². The standard InChI is InChI=1S/C26H40N4O2/c1-18-8-11-23(29(14-18)24(31)32-25(2,3)4)19-9-10-20-15-30(27-22(20)12-19)21-13-26(5,6)17-28(7)16-21/h9-10,12,15,18,21,23H,8,11,13-14,16-17H2,1-7H3/t18-,21?,23+/m0/s1. The van der Waals surface area contributed by atoms with Gasteiger partial charge in [0.2, 0.25) is 0 Å². The van der Waals surface area contributed by atoms with Crippen LogP contribution < -0.4 is 0 Å². The van der Waals surface area contributed by atoms with Gasteiger partial charge in [0.15, 0.2) is 0 Å². The Balaban J connectivity index is 1.60. The number of likely N-dealkylation sites (tertiary alicyclic amines) is 2. The fraction of sp³-hybridized carbons (Fsp3) is 0.692. The van der Waals surface area contributed by atoms with Crippen molar-refractivity contribution in [2.75, 3.05) is 26.7 Å². The maximum atomic E-state index is 13.0. The summed E-state index contributed by atoms with van der Waals surface area (Å²) >= 11 is 0. The Morgan fingerprint density at radius 3 is 2.62 bits per heavy atom. The monoisotopic (exact) mass is 440 g/mol. The normalized spacial score (nSPS) is 27.0. The van der Waals surface area contributed by atoms with Crippen molar-refractivity contribution < 1.29 is 9.53 Å². The van der Waals surface area contributed by atoms with Crippen molar-refractivity contribution in [2.45, 2.75) is 78.5 Å². The molecule has 4 rings (SSSR count). The highest BCUT2D eigenvalue weighted by molar-refractivity contribution is 5.79. The summed E-state index contributed by atoms with van der Waals surface area (Å²) in [5.74, 6) is 0.480. The second kappa shape index (κ2) is 8.36. The van der Waals surface area contributed by atoms with Gasteiger partial charge in [-0.25, -0.2) is 4.79 Å². The molecule has 32 heavy (non-hydrogen) atoms. The van der Waals surface area contributed by atoms with Crippen LogP contribution in [0.15, 0.2) is 24.4 Å². The van der Waals surface area contributed by atoms with Crippen LogP contribution in [0.5, 0.6) is 0 Å². The minimum absolute atomic E-state index is 0.0374. The zero-order chi connectivity index (χ0) is 23.3. The van der Waals surface area contributed by atoms with Crippen LogP contribution >= 0.6 is 0 Å². The molecule has 2 saturated heterocycles. The van der Waals surface area contributed by atoms with Crippen LogP contribution in [-0.4, -0.2) is 58.0 Å². The second-order valence-electron chi connectivity index (χ2n) is 12.0. The molecule has 3 atom stereocenters.